The maximum absolute atomic E-state index is 11.4. The minimum Gasteiger partial charge on any atom is -0.497 e. The summed E-state index contributed by atoms with van der Waals surface area (Å²) in [6, 6.07) is 5.38. The SMILES string of the molecule is COc1ccc(Cl)c(C2CC(=O)CCO2)c1. The third-order valence-corrected chi connectivity index (χ3v) is 3.01. The van der Waals surface area contributed by atoms with E-state index in [0.717, 1.165) is 11.3 Å². The van der Waals surface area contributed by atoms with Crippen LogP contribution in [0.3, 0.4) is 0 Å². The molecule has 1 aliphatic rings. The summed E-state index contributed by atoms with van der Waals surface area (Å²) in [7, 11) is 1.60. The molecule has 0 spiro atoms. The van der Waals surface area contributed by atoms with Gasteiger partial charge in [0, 0.05) is 23.4 Å². The van der Waals surface area contributed by atoms with Gasteiger partial charge in [-0.15, -0.1) is 0 Å². The van der Waals surface area contributed by atoms with Gasteiger partial charge in [0.1, 0.15) is 11.5 Å². The van der Waals surface area contributed by atoms with Crippen LogP contribution in [-0.4, -0.2) is 19.5 Å². The van der Waals surface area contributed by atoms with Crippen LogP contribution in [0, 0.1) is 0 Å². The standard InChI is InChI=1S/C12H13ClO3/c1-15-9-2-3-11(13)10(7-9)12-6-8(14)4-5-16-12/h2-3,7,12H,4-6H2,1H3. The molecule has 1 atom stereocenters. The van der Waals surface area contributed by atoms with Crippen LogP contribution >= 0.6 is 11.6 Å². The van der Waals surface area contributed by atoms with E-state index in [1.807, 2.05) is 6.07 Å². The van der Waals surface area contributed by atoms with E-state index in [0.29, 0.717) is 24.5 Å². The molecule has 16 heavy (non-hydrogen) atoms. The first kappa shape index (κ1) is 11.4. The molecule has 0 radical (unpaired) electrons. The number of hydrogen-bond donors (Lipinski definition) is 0. The van der Waals surface area contributed by atoms with Crippen molar-refractivity contribution in [2.75, 3.05) is 13.7 Å². The van der Waals surface area contributed by atoms with Gasteiger partial charge in [0.05, 0.1) is 19.8 Å². The highest BCUT2D eigenvalue weighted by Crippen LogP contribution is 2.33. The first-order valence-corrected chi connectivity index (χ1v) is 5.55. The van der Waals surface area contributed by atoms with Crippen molar-refractivity contribution < 1.29 is 14.3 Å². The second kappa shape index (κ2) is 4.85. The van der Waals surface area contributed by atoms with Gasteiger partial charge < -0.3 is 9.47 Å². The largest absolute Gasteiger partial charge is 0.497 e. The molecule has 1 aliphatic heterocycles. The van der Waals surface area contributed by atoms with Crippen molar-refractivity contribution >= 4 is 17.4 Å². The number of hydrogen-bond acceptors (Lipinski definition) is 3. The lowest BCUT2D eigenvalue weighted by atomic mass is 10.0. The second-order valence-corrected chi connectivity index (χ2v) is 4.15. The van der Waals surface area contributed by atoms with Gasteiger partial charge in [-0.05, 0) is 18.2 Å². The molecule has 1 aromatic rings. The molecule has 2 rings (SSSR count). The summed E-state index contributed by atoms with van der Waals surface area (Å²) in [4.78, 5) is 11.4. The van der Waals surface area contributed by atoms with Crippen LogP contribution in [0.2, 0.25) is 5.02 Å². The summed E-state index contributed by atoms with van der Waals surface area (Å²) < 4.78 is 10.7. The van der Waals surface area contributed by atoms with Crippen molar-refractivity contribution in [3.8, 4) is 5.75 Å². The van der Waals surface area contributed by atoms with E-state index in [9.17, 15) is 4.79 Å². The molecule has 1 fully saturated rings. The zero-order valence-corrected chi connectivity index (χ0v) is 9.79. The zero-order chi connectivity index (χ0) is 11.5. The highest BCUT2D eigenvalue weighted by Gasteiger charge is 2.23. The van der Waals surface area contributed by atoms with Crippen molar-refractivity contribution in [1.82, 2.24) is 0 Å². The molecule has 1 aromatic carbocycles. The Balaban J connectivity index is 2.27. The predicted molar refractivity (Wildman–Crippen MR) is 60.9 cm³/mol. The second-order valence-electron chi connectivity index (χ2n) is 3.74. The number of benzene rings is 1. The molecule has 0 bridgehead atoms. The Morgan fingerprint density at radius 3 is 3.00 bits per heavy atom. The Bertz CT molecular complexity index is 403. The molecule has 3 nitrogen and oxygen atoms in total. The lowest BCUT2D eigenvalue weighted by Crippen LogP contribution is -2.19. The molecular formula is C12H13ClO3. The topological polar surface area (TPSA) is 35.5 Å². The Morgan fingerprint density at radius 2 is 2.31 bits per heavy atom. The minimum atomic E-state index is -0.233. The summed E-state index contributed by atoms with van der Waals surface area (Å²) in [6.07, 6.45) is 0.661. The number of rotatable bonds is 2. The molecule has 1 heterocycles. The molecule has 0 N–H and O–H groups in total. The fourth-order valence-corrected chi connectivity index (χ4v) is 2.02. The highest BCUT2D eigenvalue weighted by atomic mass is 35.5. The predicted octanol–water partition coefficient (Wildman–Crippen LogP) is 2.77. The fraction of sp³-hybridized carbons (Fsp3) is 0.417. The van der Waals surface area contributed by atoms with Gasteiger partial charge in [0.25, 0.3) is 0 Å². The fourth-order valence-electron chi connectivity index (χ4n) is 1.78. The Kier molecular flexibility index (Phi) is 3.46. The van der Waals surface area contributed by atoms with Gasteiger partial charge >= 0.3 is 0 Å². The summed E-state index contributed by atoms with van der Waals surface area (Å²) >= 11 is 6.09. The molecule has 0 aromatic heterocycles. The highest BCUT2D eigenvalue weighted by molar-refractivity contribution is 6.31. The summed E-state index contributed by atoms with van der Waals surface area (Å²) in [5.41, 5.74) is 0.828. The first-order chi connectivity index (χ1) is 7.70. The van der Waals surface area contributed by atoms with E-state index in [2.05, 4.69) is 0 Å². The van der Waals surface area contributed by atoms with Crippen molar-refractivity contribution in [3.63, 3.8) is 0 Å². The molecule has 0 amide bonds. The average Bonchev–Trinajstić information content (AvgIpc) is 2.30. The number of carbonyl (C=O) groups is 1. The Hall–Kier alpha value is -1.06. The van der Waals surface area contributed by atoms with Gasteiger partial charge in [-0.3, -0.25) is 4.79 Å². The zero-order valence-electron chi connectivity index (χ0n) is 9.03. The van der Waals surface area contributed by atoms with Crippen LogP contribution in [0.4, 0.5) is 0 Å². The number of Topliss-reactive ketones (excluding diaryl/α,β-unsaturated/α-hetero) is 1. The number of carbonyl (C=O) groups excluding carboxylic acids is 1. The lowest BCUT2D eigenvalue weighted by Gasteiger charge is -2.23. The van der Waals surface area contributed by atoms with Crippen molar-refractivity contribution in [2.45, 2.75) is 18.9 Å². The van der Waals surface area contributed by atoms with Crippen LogP contribution in [0.15, 0.2) is 18.2 Å². The van der Waals surface area contributed by atoms with Gasteiger partial charge in [0.15, 0.2) is 0 Å². The monoisotopic (exact) mass is 240 g/mol. The van der Waals surface area contributed by atoms with Crippen LogP contribution in [0.5, 0.6) is 5.75 Å². The summed E-state index contributed by atoms with van der Waals surface area (Å²) in [6.45, 7) is 0.469. The average molecular weight is 241 g/mol. The van der Waals surface area contributed by atoms with E-state index in [1.54, 1.807) is 19.2 Å². The van der Waals surface area contributed by atoms with E-state index >= 15 is 0 Å². The molecule has 0 saturated carbocycles. The normalized spacial score (nSPS) is 20.9. The number of halogens is 1. The number of ether oxygens (including phenoxy) is 2. The van der Waals surface area contributed by atoms with E-state index < -0.39 is 0 Å². The van der Waals surface area contributed by atoms with Gasteiger partial charge in [-0.25, -0.2) is 0 Å². The Morgan fingerprint density at radius 1 is 1.50 bits per heavy atom. The molecular weight excluding hydrogens is 228 g/mol. The van der Waals surface area contributed by atoms with E-state index in [4.69, 9.17) is 21.1 Å². The molecule has 0 aliphatic carbocycles. The van der Waals surface area contributed by atoms with Crippen LogP contribution in [0.1, 0.15) is 24.5 Å². The quantitative estimate of drug-likeness (QED) is 0.798. The number of ketones is 1. The molecule has 1 saturated heterocycles. The lowest BCUT2D eigenvalue weighted by molar-refractivity contribution is -0.128. The third-order valence-electron chi connectivity index (χ3n) is 2.66. The van der Waals surface area contributed by atoms with Crippen molar-refractivity contribution in [3.05, 3.63) is 28.8 Å². The molecule has 4 heteroatoms. The smallest absolute Gasteiger partial charge is 0.138 e. The maximum Gasteiger partial charge on any atom is 0.138 e. The van der Waals surface area contributed by atoms with Crippen LogP contribution < -0.4 is 4.74 Å². The Labute approximate surface area is 99.3 Å². The van der Waals surface area contributed by atoms with Crippen LogP contribution in [-0.2, 0) is 9.53 Å². The van der Waals surface area contributed by atoms with Crippen molar-refractivity contribution in [1.29, 1.82) is 0 Å². The molecule has 86 valence electrons. The number of methoxy groups -OCH3 is 1. The van der Waals surface area contributed by atoms with Gasteiger partial charge in [-0.1, -0.05) is 11.6 Å². The summed E-state index contributed by atoms with van der Waals surface area (Å²) in [5, 5.41) is 0.612. The van der Waals surface area contributed by atoms with Crippen molar-refractivity contribution in [2.24, 2.45) is 0 Å². The minimum absolute atomic E-state index is 0.218. The third kappa shape index (κ3) is 2.36. The summed E-state index contributed by atoms with van der Waals surface area (Å²) in [5.74, 6) is 0.941. The van der Waals surface area contributed by atoms with Crippen LogP contribution in [0.25, 0.3) is 0 Å². The molecule has 1 unspecified atom stereocenters. The van der Waals surface area contributed by atoms with E-state index in [-0.39, 0.29) is 11.9 Å². The van der Waals surface area contributed by atoms with Gasteiger partial charge in [-0.2, -0.15) is 0 Å². The maximum atomic E-state index is 11.4. The van der Waals surface area contributed by atoms with E-state index in [1.165, 1.54) is 0 Å². The first-order valence-electron chi connectivity index (χ1n) is 5.17. The van der Waals surface area contributed by atoms with Gasteiger partial charge in [0.2, 0.25) is 0 Å².